The summed E-state index contributed by atoms with van der Waals surface area (Å²) in [5, 5.41) is 3.29. The van der Waals surface area contributed by atoms with Crippen molar-refractivity contribution < 1.29 is 14.3 Å². The Balaban J connectivity index is 1.24. The average molecular weight is 432 g/mol. The van der Waals surface area contributed by atoms with Crippen LogP contribution in [0.1, 0.15) is 55.8 Å². The second-order valence-corrected chi connectivity index (χ2v) is 10.4. The summed E-state index contributed by atoms with van der Waals surface area (Å²) in [6, 6.07) is 10.8. The van der Waals surface area contributed by atoms with Crippen molar-refractivity contribution in [1.29, 1.82) is 0 Å². The molecule has 2 amide bonds. The summed E-state index contributed by atoms with van der Waals surface area (Å²) in [5.74, 6) is 2.91. The molecular formula is C26H29N3O3. The zero-order chi connectivity index (χ0) is 21.9. The summed E-state index contributed by atoms with van der Waals surface area (Å²) in [5.41, 5.74) is 1.18. The van der Waals surface area contributed by atoms with Gasteiger partial charge in [0.05, 0.1) is 5.69 Å². The van der Waals surface area contributed by atoms with E-state index < -0.39 is 0 Å². The van der Waals surface area contributed by atoms with Crippen LogP contribution in [0.2, 0.25) is 0 Å². The van der Waals surface area contributed by atoms with Gasteiger partial charge in [0.2, 0.25) is 11.8 Å². The Morgan fingerprint density at radius 1 is 1.12 bits per heavy atom. The van der Waals surface area contributed by atoms with E-state index in [4.69, 9.17) is 4.74 Å². The molecule has 4 saturated carbocycles. The number of benzene rings is 1. The van der Waals surface area contributed by atoms with E-state index in [1.165, 1.54) is 43.4 Å². The summed E-state index contributed by atoms with van der Waals surface area (Å²) >= 11 is 0. The number of carbonyl (C=O) groups is 2. The maximum atomic E-state index is 13.4. The molecule has 4 bridgehead atoms. The van der Waals surface area contributed by atoms with Gasteiger partial charge in [-0.15, -0.1) is 0 Å². The molecule has 0 saturated heterocycles. The molecule has 7 rings (SSSR count). The van der Waals surface area contributed by atoms with Gasteiger partial charge in [-0.2, -0.15) is 0 Å². The molecule has 1 aromatic carbocycles. The lowest BCUT2D eigenvalue weighted by Crippen LogP contribution is -2.57. The first kappa shape index (κ1) is 19.8. The molecule has 166 valence electrons. The molecule has 4 fully saturated rings. The largest absolute Gasteiger partial charge is 0.436 e. The Labute approximate surface area is 188 Å². The minimum Gasteiger partial charge on any atom is -0.436 e. The van der Waals surface area contributed by atoms with Crippen LogP contribution >= 0.6 is 0 Å². The Morgan fingerprint density at radius 2 is 1.81 bits per heavy atom. The number of fused-ring (bicyclic) bond motifs is 2. The van der Waals surface area contributed by atoms with Crippen molar-refractivity contribution in [3.05, 3.63) is 48.2 Å². The van der Waals surface area contributed by atoms with Gasteiger partial charge in [-0.3, -0.25) is 14.5 Å². The van der Waals surface area contributed by atoms with E-state index in [1.807, 2.05) is 18.2 Å². The molecule has 32 heavy (non-hydrogen) atoms. The summed E-state index contributed by atoms with van der Waals surface area (Å²) in [6.07, 6.45) is 9.45. The number of rotatable bonds is 4. The lowest BCUT2D eigenvalue weighted by Gasteiger charge is -2.59. The van der Waals surface area contributed by atoms with Crippen molar-refractivity contribution in [3.63, 3.8) is 0 Å². The fraction of sp³-hybridized carbons (Fsp3) is 0.500. The molecule has 5 aliphatic rings. The SMILES string of the molecule is C[C@@H](NC(=O)CN1C(=O)c2cccnc2Oc2ccccc21)C12CC3CC(CC(C3)C1)C2. The molecule has 6 heteroatoms. The van der Waals surface area contributed by atoms with Crippen LogP contribution in [0.3, 0.4) is 0 Å². The van der Waals surface area contributed by atoms with Crippen LogP contribution in [0.5, 0.6) is 11.6 Å². The molecule has 2 heterocycles. The van der Waals surface area contributed by atoms with E-state index >= 15 is 0 Å². The zero-order valence-electron chi connectivity index (χ0n) is 18.4. The maximum absolute atomic E-state index is 13.4. The number of nitrogens with one attached hydrogen (secondary N) is 1. The molecule has 1 atom stereocenters. The van der Waals surface area contributed by atoms with Gasteiger partial charge < -0.3 is 10.1 Å². The number of para-hydroxylation sites is 2. The summed E-state index contributed by atoms with van der Waals surface area (Å²) < 4.78 is 5.93. The zero-order valence-corrected chi connectivity index (χ0v) is 18.4. The van der Waals surface area contributed by atoms with Crippen molar-refractivity contribution in [2.45, 2.75) is 51.5 Å². The lowest BCUT2D eigenvalue weighted by atomic mass is 9.48. The molecule has 0 radical (unpaired) electrons. The molecule has 2 aromatic rings. The van der Waals surface area contributed by atoms with E-state index in [2.05, 4.69) is 17.2 Å². The van der Waals surface area contributed by atoms with Gasteiger partial charge in [-0.25, -0.2) is 4.98 Å². The molecule has 6 nitrogen and oxygen atoms in total. The number of ether oxygens (including phenoxy) is 1. The predicted octanol–water partition coefficient (Wildman–Crippen LogP) is 4.56. The first-order chi connectivity index (χ1) is 15.5. The van der Waals surface area contributed by atoms with Gasteiger partial charge in [0.1, 0.15) is 12.1 Å². The highest BCUT2D eigenvalue weighted by atomic mass is 16.5. The van der Waals surface area contributed by atoms with Crippen molar-refractivity contribution in [2.75, 3.05) is 11.4 Å². The standard InChI is InChI=1S/C26H29N3O3/c1-16(26-12-17-9-18(13-26)11-19(10-17)14-26)28-23(30)15-29-21-6-2-3-7-22(21)32-24-20(25(29)31)5-4-8-27-24/h2-8,16-19H,9-15H2,1H3,(H,28,30)/t16-,17?,18?,19?,26?/m1/s1. The minimum atomic E-state index is -0.268. The van der Waals surface area contributed by atoms with E-state index in [0.717, 1.165) is 17.8 Å². The number of hydrogen-bond donors (Lipinski definition) is 1. The highest BCUT2D eigenvalue weighted by molar-refractivity contribution is 6.11. The molecule has 4 aliphatic carbocycles. The first-order valence-corrected chi connectivity index (χ1v) is 11.8. The third-order valence-corrected chi connectivity index (χ3v) is 8.29. The van der Waals surface area contributed by atoms with Crippen LogP contribution in [0.25, 0.3) is 0 Å². The molecular weight excluding hydrogens is 402 g/mol. The van der Waals surface area contributed by atoms with Crippen molar-refractivity contribution in [3.8, 4) is 11.6 Å². The smallest absolute Gasteiger partial charge is 0.264 e. The van der Waals surface area contributed by atoms with Crippen LogP contribution in [-0.4, -0.2) is 29.4 Å². The molecule has 1 N–H and O–H groups in total. The van der Waals surface area contributed by atoms with Crippen LogP contribution < -0.4 is 15.0 Å². The fourth-order valence-corrected chi connectivity index (χ4v) is 7.21. The summed E-state index contributed by atoms with van der Waals surface area (Å²) in [6.45, 7) is 2.13. The maximum Gasteiger partial charge on any atom is 0.264 e. The lowest BCUT2D eigenvalue weighted by molar-refractivity contribution is -0.124. The Bertz CT molecular complexity index is 1050. The number of carbonyl (C=O) groups excluding carboxylic acids is 2. The first-order valence-electron chi connectivity index (χ1n) is 11.8. The van der Waals surface area contributed by atoms with Crippen molar-refractivity contribution in [2.24, 2.45) is 23.2 Å². The van der Waals surface area contributed by atoms with Crippen LogP contribution in [0, 0.1) is 23.2 Å². The fourth-order valence-electron chi connectivity index (χ4n) is 7.21. The topological polar surface area (TPSA) is 71.5 Å². The number of pyridine rings is 1. The summed E-state index contributed by atoms with van der Waals surface area (Å²) in [4.78, 5) is 32.3. The number of anilines is 1. The van der Waals surface area contributed by atoms with Crippen LogP contribution in [0.15, 0.2) is 42.6 Å². The number of hydrogen-bond acceptors (Lipinski definition) is 4. The monoisotopic (exact) mass is 431 g/mol. The van der Waals surface area contributed by atoms with Gasteiger partial charge in [0, 0.05) is 12.2 Å². The second-order valence-electron chi connectivity index (χ2n) is 10.4. The third kappa shape index (κ3) is 3.19. The highest BCUT2D eigenvalue weighted by Gasteiger charge is 2.53. The van der Waals surface area contributed by atoms with Gasteiger partial charge in [-0.05, 0) is 92.9 Å². The van der Waals surface area contributed by atoms with Gasteiger partial charge >= 0.3 is 0 Å². The Hall–Kier alpha value is -2.89. The van der Waals surface area contributed by atoms with E-state index in [1.54, 1.807) is 24.4 Å². The summed E-state index contributed by atoms with van der Waals surface area (Å²) in [7, 11) is 0. The number of aromatic nitrogens is 1. The van der Waals surface area contributed by atoms with Gasteiger partial charge in [-0.1, -0.05) is 12.1 Å². The molecule has 1 aromatic heterocycles. The van der Waals surface area contributed by atoms with E-state index in [-0.39, 0.29) is 35.7 Å². The van der Waals surface area contributed by atoms with Gasteiger partial charge in [0.25, 0.3) is 5.91 Å². The van der Waals surface area contributed by atoms with Crippen LogP contribution in [0.4, 0.5) is 5.69 Å². The quantitative estimate of drug-likeness (QED) is 0.771. The number of amides is 2. The number of nitrogens with zero attached hydrogens (tertiary/aromatic N) is 2. The minimum absolute atomic E-state index is 0.0375. The molecule has 1 aliphatic heterocycles. The molecule has 0 unspecified atom stereocenters. The Kier molecular flexibility index (Phi) is 4.52. The highest BCUT2D eigenvalue weighted by Crippen LogP contribution is 2.61. The average Bonchev–Trinajstić information content (AvgIpc) is 2.88. The third-order valence-electron chi connectivity index (χ3n) is 8.29. The van der Waals surface area contributed by atoms with Crippen LogP contribution in [-0.2, 0) is 4.79 Å². The Morgan fingerprint density at radius 3 is 2.53 bits per heavy atom. The van der Waals surface area contributed by atoms with Crippen molar-refractivity contribution in [1.82, 2.24) is 10.3 Å². The second kappa shape index (κ2) is 7.32. The van der Waals surface area contributed by atoms with E-state index in [0.29, 0.717) is 17.0 Å². The molecule has 0 spiro atoms. The van der Waals surface area contributed by atoms with Crippen molar-refractivity contribution >= 4 is 17.5 Å². The van der Waals surface area contributed by atoms with E-state index in [9.17, 15) is 9.59 Å². The van der Waals surface area contributed by atoms with Gasteiger partial charge in [0.15, 0.2) is 5.75 Å². The normalized spacial score (nSPS) is 30.7. The predicted molar refractivity (Wildman–Crippen MR) is 121 cm³/mol.